The molecule has 0 aromatic heterocycles. The van der Waals surface area contributed by atoms with Gasteiger partial charge in [0, 0.05) is 18.7 Å². The predicted molar refractivity (Wildman–Crippen MR) is 109 cm³/mol. The molecule has 30 heavy (non-hydrogen) atoms. The maximum absolute atomic E-state index is 13.4. The van der Waals surface area contributed by atoms with Crippen molar-refractivity contribution in [3.63, 3.8) is 0 Å². The van der Waals surface area contributed by atoms with Crippen molar-refractivity contribution in [2.24, 2.45) is 0 Å². The van der Waals surface area contributed by atoms with E-state index in [0.717, 1.165) is 34.9 Å². The zero-order chi connectivity index (χ0) is 21.3. The van der Waals surface area contributed by atoms with Crippen molar-refractivity contribution in [3.05, 3.63) is 115 Å². The smallest absolute Gasteiger partial charge is 0.277 e. The van der Waals surface area contributed by atoms with Crippen LogP contribution < -0.4 is 0 Å². The second-order valence-corrected chi connectivity index (χ2v) is 7.01. The summed E-state index contributed by atoms with van der Waals surface area (Å²) in [5.41, 5.74) is 1.96. The highest BCUT2D eigenvalue weighted by molar-refractivity contribution is 5.96. The van der Waals surface area contributed by atoms with Gasteiger partial charge in [-0.1, -0.05) is 54.6 Å². The summed E-state index contributed by atoms with van der Waals surface area (Å²) in [5, 5.41) is 22.5. The molecule has 8 nitrogen and oxygen atoms in total. The van der Waals surface area contributed by atoms with Crippen LogP contribution in [0.15, 0.2) is 72.8 Å². The molecule has 1 unspecified atom stereocenters. The molecule has 0 bridgehead atoms. The molecule has 150 valence electrons. The molecule has 0 spiro atoms. The number of hydrogen-bond acceptors (Lipinski definition) is 5. The van der Waals surface area contributed by atoms with Crippen LogP contribution in [-0.4, -0.2) is 27.2 Å². The van der Waals surface area contributed by atoms with Gasteiger partial charge in [-0.15, -0.1) is 0 Å². The maximum Gasteiger partial charge on any atom is 0.277 e. The molecule has 1 amide bonds. The predicted octanol–water partition coefficient (Wildman–Crippen LogP) is 4.29. The van der Waals surface area contributed by atoms with Crippen LogP contribution in [-0.2, 0) is 6.42 Å². The minimum atomic E-state index is -0.732. The van der Waals surface area contributed by atoms with Gasteiger partial charge in [0.1, 0.15) is 0 Å². The lowest BCUT2D eigenvalue weighted by Crippen LogP contribution is -2.40. The molecule has 3 aromatic carbocycles. The number of carbonyl (C=O) groups is 1. The Kier molecular flexibility index (Phi) is 4.97. The van der Waals surface area contributed by atoms with Crippen molar-refractivity contribution in [2.75, 3.05) is 6.54 Å². The zero-order valence-corrected chi connectivity index (χ0v) is 15.8. The van der Waals surface area contributed by atoms with Crippen LogP contribution in [0.25, 0.3) is 0 Å². The summed E-state index contributed by atoms with van der Waals surface area (Å²) in [6.45, 7) is 0.395. The fourth-order valence-electron chi connectivity index (χ4n) is 3.88. The first-order valence-electron chi connectivity index (χ1n) is 9.33. The monoisotopic (exact) mass is 403 g/mol. The summed E-state index contributed by atoms with van der Waals surface area (Å²) in [5.74, 6) is -0.481. The fourth-order valence-corrected chi connectivity index (χ4v) is 3.88. The van der Waals surface area contributed by atoms with Crippen LogP contribution >= 0.6 is 0 Å². The molecular formula is C22H17N3O5. The van der Waals surface area contributed by atoms with E-state index in [1.165, 1.54) is 0 Å². The van der Waals surface area contributed by atoms with E-state index >= 15 is 0 Å². The van der Waals surface area contributed by atoms with E-state index < -0.39 is 27.1 Å². The standard InChI is InChI=1S/C22H17N3O5/c26-22(17-12-18(24(27)28)14-19(13-17)25(29)30)23-11-10-15-6-4-5-9-20(15)21(23)16-7-2-1-3-8-16/h1-9,12-14,21H,10-11H2. The number of benzene rings is 3. The van der Waals surface area contributed by atoms with Gasteiger partial charge >= 0.3 is 0 Å². The normalized spacial score (nSPS) is 15.3. The van der Waals surface area contributed by atoms with Gasteiger partial charge in [-0.05, 0) is 23.1 Å². The highest BCUT2D eigenvalue weighted by Crippen LogP contribution is 2.36. The molecule has 1 atom stereocenters. The first-order valence-corrected chi connectivity index (χ1v) is 9.33. The van der Waals surface area contributed by atoms with Crippen molar-refractivity contribution >= 4 is 17.3 Å². The Balaban J connectivity index is 1.82. The number of rotatable bonds is 4. The molecule has 8 heteroatoms. The lowest BCUT2D eigenvalue weighted by Gasteiger charge is -2.37. The van der Waals surface area contributed by atoms with Crippen molar-refractivity contribution in [1.82, 2.24) is 4.90 Å². The molecule has 0 radical (unpaired) electrons. The summed E-state index contributed by atoms with van der Waals surface area (Å²) < 4.78 is 0. The number of amides is 1. The van der Waals surface area contributed by atoms with Gasteiger partial charge in [0.15, 0.2) is 0 Å². The van der Waals surface area contributed by atoms with Gasteiger partial charge in [-0.3, -0.25) is 25.0 Å². The molecule has 0 aliphatic carbocycles. The number of nitrogens with zero attached hydrogens (tertiary/aromatic N) is 3. The minimum Gasteiger partial charge on any atom is -0.327 e. The Morgan fingerprint density at radius 1 is 0.867 bits per heavy atom. The van der Waals surface area contributed by atoms with Crippen LogP contribution in [0.4, 0.5) is 11.4 Å². The van der Waals surface area contributed by atoms with E-state index in [9.17, 15) is 25.0 Å². The Hall–Kier alpha value is -4.07. The number of non-ortho nitro benzene ring substituents is 2. The van der Waals surface area contributed by atoms with E-state index in [0.29, 0.717) is 13.0 Å². The van der Waals surface area contributed by atoms with Gasteiger partial charge in [-0.25, -0.2) is 0 Å². The molecule has 0 saturated carbocycles. The number of nitro benzene ring substituents is 2. The fraction of sp³-hybridized carbons (Fsp3) is 0.136. The molecule has 1 heterocycles. The summed E-state index contributed by atoms with van der Waals surface area (Å²) in [4.78, 5) is 36.1. The lowest BCUT2D eigenvalue weighted by molar-refractivity contribution is -0.394. The molecule has 0 N–H and O–H groups in total. The second kappa shape index (κ2) is 7.75. The Labute approximate surface area is 171 Å². The van der Waals surface area contributed by atoms with Gasteiger partial charge in [-0.2, -0.15) is 0 Å². The Bertz CT molecular complexity index is 1110. The van der Waals surface area contributed by atoms with Crippen molar-refractivity contribution in [1.29, 1.82) is 0 Å². The highest BCUT2D eigenvalue weighted by Gasteiger charge is 2.33. The van der Waals surface area contributed by atoms with Gasteiger partial charge in [0.05, 0.1) is 27.5 Å². The number of hydrogen-bond donors (Lipinski definition) is 0. The summed E-state index contributed by atoms with van der Waals surface area (Å²) in [7, 11) is 0. The van der Waals surface area contributed by atoms with E-state index in [-0.39, 0.29) is 11.6 Å². The third kappa shape index (κ3) is 3.50. The van der Waals surface area contributed by atoms with E-state index in [1.54, 1.807) is 4.90 Å². The quantitative estimate of drug-likeness (QED) is 0.477. The topological polar surface area (TPSA) is 107 Å². The first kappa shape index (κ1) is 19.3. The van der Waals surface area contributed by atoms with E-state index in [1.807, 2.05) is 54.6 Å². The largest absolute Gasteiger partial charge is 0.327 e. The van der Waals surface area contributed by atoms with Crippen LogP contribution in [0.3, 0.4) is 0 Å². The molecule has 1 aliphatic rings. The number of fused-ring (bicyclic) bond motifs is 1. The Morgan fingerprint density at radius 2 is 1.47 bits per heavy atom. The summed E-state index contributed by atoms with van der Waals surface area (Å²) in [6.07, 6.45) is 0.627. The molecular weight excluding hydrogens is 386 g/mol. The Morgan fingerprint density at radius 3 is 2.10 bits per heavy atom. The lowest BCUT2D eigenvalue weighted by atomic mass is 9.87. The molecule has 3 aromatic rings. The van der Waals surface area contributed by atoms with Crippen LogP contribution in [0.5, 0.6) is 0 Å². The van der Waals surface area contributed by atoms with Crippen LogP contribution in [0, 0.1) is 20.2 Å². The summed E-state index contributed by atoms with van der Waals surface area (Å²) in [6, 6.07) is 20.0. The van der Waals surface area contributed by atoms with Crippen molar-refractivity contribution < 1.29 is 14.6 Å². The van der Waals surface area contributed by atoms with Crippen LogP contribution in [0.2, 0.25) is 0 Å². The van der Waals surface area contributed by atoms with Gasteiger partial charge < -0.3 is 4.90 Å². The third-order valence-electron chi connectivity index (χ3n) is 5.23. The summed E-state index contributed by atoms with van der Waals surface area (Å²) >= 11 is 0. The van der Waals surface area contributed by atoms with E-state index in [2.05, 4.69) is 0 Å². The third-order valence-corrected chi connectivity index (χ3v) is 5.23. The van der Waals surface area contributed by atoms with Gasteiger partial charge in [0.25, 0.3) is 17.3 Å². The van der Waals surface area contributed by atoms with Gasteiger partial charge in [0.2, 0.25) is 0 Å². The average molecular weight is 403 g/mol. The number of carbonyl (C=O) groups excluding carboxylic acids is 1. The van der Waals surface area contributed by atoms with Crippen molar-refractivity contribution in [3.8, 4) is 0 Å². The van der Waals surface area contributed by atoms with E-state index in [4.69, 9.17) is 0 Å². The highest BCUT2D eigenvalue weighted by atomic mass is 16.6. The molecule has 0 fully saturated rings. The second-order valence-electron chi connectivity index (χ2n) is 7.01. The first-order chi connectivity index (χ1) is 14.5. The average Bonchev–Trinajstić information content (AvgIpc) is 2.78. The van der Waals surface area contributed by atoms with Crippen molar-refractivity contribution in [2.45, 2.75) is 12.5 Å². The SMILES string of the molecule is O=C(c1cc([N+](=O)[O-])cc([N+](=O)[O-])c1)N1CCc2ccccc2C1c1ccccc1. The molecule has 1 aliphatic heterocycles. The van der Waals surface area contributed by atoms with Crippen LogP contribution in [0.1, 0.15) is 33.1 Å². The maximum atomic E-state index is 13.4. The molecule has 4 rings (SSSR count). The zero-order valence-electron chi connectivity index (χ0n) is 15.8. The number of nitro groups is 2. The molecule has 0 saturated heterocycles. The minimum absolute atomic E-state index is 0.0730.